The van der Waals surface area contributed by atoms with E-state index in [9.17, 15) is 0 Å². The molecule has 0 bridgehead atoms. The maximum Gasteiger partial charge on any atom is 0.148 e. The average molecular weight is 192 g/mol. The molecule has 0 saturated carbocycles. The molecule has 2 heterocycles. The number of anilines is 1. The Labute approximate surface area is 84.4 Å². The number of nitrogens with zero attached hydrogens (tertiary/aromatic N) is 3. The van der Waals surface area contributed by atoms with Gasteiger partial charge in [0.25, 0.3) is 0 Å². The van der Waals surface area contributed by atoms with E-state index in [1.54, 1.807) is 18.6 Å². The summed E-state index contributed by atoms with van der Waals surface area (Å²) in [7, 11) is 2.06. The molecule has 0 aromatic carbocycles. The van der Waals surface area contributed by atoms with Crippen LogP contribution >= 0.6 is 0 Å². The minimum absolute atomic E-state index is 0.417. The van der Waals surface area contributed by atoms with Gasteiger partial charge in [0, 0.05) is 19.4 Å². The third kappa shape index (κ3) is 2.01. The molecule has 1 atom stereocenters. The van der Waals surface area contributed by atoms with Gasteiger partial charge in [-0.3, -0.25) is 10.3 Å². The van der Waals surface area contributed by atoms with Gasteiger partial charge in [0.1, 0.15) is 5.82 Å². The van der Waals surface area contributed by atoms with Gasteiger partial charge in [0.05, 0.1) is 12.4 Å². The van der Waals surface area contributed by atoms with Crippen LogP contribution in [0.5, 0.6) is 0 Å². The number of piperidine rings is 1. The first-order valence-corrected chi connectivity index (χ1v) is 5.10. The summed E-state index contributed by atoms with van der Waals surface area (Å²) in [5.41, 5.74) is 0. The Balaban J connectivity index is 2.03. The van der Waals surface area contributed by atoms with E-state index in [2.05, 4.69) is 27.2 Å². The maximum absolute atomic E-state index is 4.28. The summed E-state index contributed by atoms with van der Waals surface area (Å²) in [6.45, 7) is 1.11. The Bertz CT molecular complexity index is 269. The van der Waals surface area contributed by atoms with Gasteiger partial charge in [-0.05, 0) is 25.8 Å². The van der Waals surface area contributed by atoms with E-state index in [4.69, 9.17) is 0 Å². The molecule has 0 amide bonds. The van der Waals surface area contributed by atoms with Crippen LogP contribution in [-0.2, 0) is 0 Å². The lowest BCUT2D eigenvalue weighted by Crippen LogP contribution is -2.46. The summed E-state index contributed by atoms with van der Waals surface area (Å²) >= 11 is 0. The minimum atomic E-state index is 0.417. The molecule has 0 aliphatic carbocycles. The first-order chi connectivity index (χ1) is 6.88. The monoisotopic (exact) mass is 192 g/mol. The van der Waals surface area contributed by atoms with Crippen LogP contribution in [0.3, 0.4) is 0 Å². The quantitative estimate of drug-likeness (QED) is 0.759. The Kier molecular flexibility index (Phi) is 2.93. The Hall–Kier alpha value is -1.16. The predicted octanol–water partition coefficient (Wildman–Crippen LogP) is 1.01. The van der Waals surface area contributed by atoms with Crippen molar-refractivity contribution < 1.29 is 0 Å². The molecule has 1 N–H and O–H groups in total. The Morgan fingerprint density at radius 1 is 1.43 bits per heavy atom. The zero-order chi connectivity index (χ0) is 9.80. The smallest absolute Gasteiger partial charge is 0.148 e. The molecule has 14 heavy (non-hydrogen) atoms. The van der Waals surface area contributed by atoms with Crippen molar-refractivity contribution in [1.82, 2.24) is 15.3 Å². The normalized spacial score (nSPS) is 21.9. The number of rotatable bonds is 2. The van der Waals surface area contributed by atoms with Crippen molar-refractivity contribution in [2.45, 2.75) is 25.4 Å². The van der Waals surface area contributed by atoms with E-state index in [0.717, 1.165) is 12.4 Å². The van der Waals surface area contributed by atoms with Crippen molar-refractivity contribution >= 4 is 5.82 Å². The van der Waals surface area contributed by atoms with Crippen LogP contribution in [0.2, 0.25) is 0 Å². The van der Waals surface area contributed by atoms with E-state index in [-0.39, 0.29) is 0 Å². The molecule has 1 aromatic heterocycles. The lowest BCUT2D eigenvalue weighted by atomic mass is 10.1. The van der Waals surface area contributed by atoms with Crippen LogP contribution in [0.25, 0.3) is 0 Å². The fourth-order valence-electron chi connectivity index (χ4n) is 1.80. The third-order valence-electron chi connectivity index (χ3n) is 2.66. The molecule has 76 valence electrons. The highest BCUT2D eigenvalue weighted by Crippen LogP contribution is 2.15. The molecule has 1 unspecified atom stereocenters. The highest BCUT2D eigenvalue weighted by Gasteiger charge is 2.17. The fraction of sp³-hybridized carbons (Fsp3) is 0.600. The van der Waals surface area contributed by atoms with Gasteiger partial charge in [0.15, 0.2) is 0 Å². The molecule has 1 aromatic rings. The molecule has 0 spiro atoms. The minimum Gasteiger partial charge on any atom is -0.343 e. The van der Waals surface area contributed by atoms with Gasteiger partial charge in [-0.15, -0.1) is 0 Å². The molecule has 4 heteroatoms. The van der Waals surface area contributed by atoms with Gasteiger partial charge in [-0.1, -0.05) is 0 Å². The van der Waals surface area contributed by atoms with Crippen molar-refractivity contribution in [2.24, 2.45) is 0 Å². The van der Waals surface area contributed by atoms with Crippen LogP contribution < -0.4 is 10.2 Å². The lowest BCUT2D eigenvalue weighted by Gasteiger charge is -2.32. The second-order valence-electron chi connectivity index (χ2n) is 3.64. The highest BCUT2D eigenvalue weighted by molar-refractivity contribution is 5.34. The molecule has 0 radical (unpaired) electrons. The SMILES string of the molecule is CN(c1cnccn1)C1CCCCN1. The van der Waals surface area contributed by atoms with Crippen molar-refractivity contribution in [2.75, 3.05) is 18.5 Å². The number of aromatic nitrogens is 2. The van der Waals surface area contributed by atoms with Crippen molar-refractivity contribution in [3.8, 4) is 0 Å². The second kappa shape index (κ2) is 4.37. The van der Waals surface area contributed by atoms with Gasteiger partial charge in [0.2, 0.25) is 0 Å². The average Bonchev–Trinajstić information content (AvgIpc) is 2.30. The van der Waals surface area contributed by atoms with E-state index in [1.165, 1.54) is 19.3 Å². The van der Waals surface area contributed by atoms with Gasteiger partial charge < -0.3 is 4.90 Å². The predicted molar refractivity (Wildman–Crippen MR) is 56.1 cm³/mol. The van der Waals surface area contributed by atoms with E-state index < -0.39 is 0 Å². The van der Waals surface area contributed by atoms with Gasteiger partial charge in [-0.2, -0.15) is 0 Å². The number of nitrogens with one attached hydrogen (secondary N) is 1. The van der Waals surface area contributed by atoms with Crippen LogP contribution in [0.15, 0.2) is 18.6 Å². The molecular formula is C10H16N4. The first-order valence-electron chi connectivity index (χ1n) is 5.10. The molecular weight excluding hydrogens is 176 g/mol. The van der Waals surface area contributed by atoms with Crippen molar-refractivity contribution in [3.05, 3.63) is 18.6 Å². The molecule has 1 saturated heterocycles. The Morgan fingerprint density at radius 3 is 3.00 bits per heavy atom. The van der Waals surface area contributed by atoms with Crippen LogP contribution in [0, 0.1) is 0 Å². The zero-order valence-corrected chi connectivity index (χ0v) is 8.48. The van der Waals surface area contributed by atoms with Crippen LogP contribution in [0.4, 0.5) is 5.82 Å². The first kappa shape index (κ1) is 9.40. The van der Waals surface area contributed by atoms with E-state index in [1.807, 2.05) is 0 Å². The fourth-order valence-corrected chi connectivity index (χ4v) is 1.80. The summed E-state index contributed by atoms with van der Waals surface area (Å²) in [6, 6.07) is 0. The van der Waals surface area contributed by atoms with Gasteiger partial charge in [-0.25, -0.2) is 4.98 Å². The molecule has 1 aliphatic rings. The summed E-state index contributed by atoms with van der Waals surface area (Å²) in [5.74, 6) is 0.937. The maximum atomic E-state index is 4.28. The molecule has 1 aliphatic heterocycles. The third-order valence-corrected chi connectivity index (χ3v) is 2.66. The number of hydrogen-bond acceptors (Lipinski definition) is 4. The molecule has 2 rings (SSSR count). The topological polar surface area (TPSA) is 41.1 Å². The lowest BCUT2D eigenvalue weighted by molar-refractivity contribution is 0.395. The largest absolute Gasteiger partial charge is 0.343 e. The van der Waals surface area contributed by atoms with Crippen LogP contribution in [-0.4, -0.2) is 29.7 Å². The van der Waals surface area contributed by atoms with Crippen LogP contribution in [0.1, 0.15) is 19.3 Å². The molecule has 4 nitrogen and oxygen atoms in total. The number of hydrogen-bond donors (Lipinski definition) is 1. The van der Waals surface area contributed by atoms with Gasteiger partial charge >= 0.3 is 0 Å². The van der Waals surface area contributed by atoms with Crippen molar-refractivity contribution in [1.29, 1.82) is 0 Å². The summed E-state index contributed by atoms with van der Waals surface area (Å²) in [6.07, 6.45) is 9.41. The second-order valence-corrected chi connectivity index (χ2v) is 3.64. The zero-order valence-electron chi connectivity index (χ0n) is 8.48. The summed E-state index contributed by atoms with van der Waals surface area (Å²) < 4.78 is 0. The van der Waals surface area contributed by atoms with E-state index >= 15 is 0 Å². The highest BCUT2D eigenvalue weighted by atomic mass is 15.3. The molecule has 1 fully saturated rings. The van der Waals surface area contributed by atoms with E-state index in [0.29, 0.717) is 6.17 Å². The summed E-state index contributed by atoms with van der Waals surface area (Å²) in [4.78, 5) is 10.5. The summed E-state index contributed by atoms with van der Waals surface area (Å²) in [5, 5.41) is 3.48. The van der Waals surface area contributed by atoms with Crippen molar-refractivity contribution in [3.63, 3.8) is 0 Å². The standard InChI is InChI=1S/C10H16N4/c1-14(9-4-2-3-5-12-9)10-8-11-6-7-13-10/h6-9,12H,2-5H2,1H3. The Morgan fingerprint density at radius 2 is 2.36 bits per heavy atom.